The molecule has 0 radical (unpaired) electrons. The lowest BCUT2D eigenvalue weighted by atomic mass is 9.90. The fourth-order valence-electron chi connectivity index (χ4n) is 3.81. The molecular formula is C20H19N3O3. The molecule has 1 aliphatic rings. The number of aliphatic carboxylic acids is 1. The number of likely N-dealkylation sites (tertiary alicyclic amines) is 1. The monoisotopic (exact) mass is 349 g/mol. The van der Waals surface area contributed by atoms with Crippen molar-refractivity contribution in [2.24, 2.45) is 13.0 Å². The number of nitrogens with zero attached hydrogens (tertiary/aromatic N) is 3. The number of fused-ring (bicyclic) bond motifs is 1. The van der Waals surface area contributed by atoms with Crippen LogP contribution in [0.2, 0.25) is 0 Å². The molecule has 0 bridgehead atoms. The molecule has 0 spiro atoms. The summed E-state index contributed by atoms with van der Waals surface area (Å²) in [6.45, 7) is 0.585. The molecule has 1 aromatic carbocycles. The summed E-state index contributed by atoms with van der Waals surface area (Å²) in [5, 5.41) is 10.5. The molecule has 4 rings (SSSR count). The van der Waals surface area contributed by atoms with E-state index < -0.39 is 11.9 Å². The van der Waals surface area contributed by atoms with E-state index in [0.29, 0.717) is 12.1 Å². The van der Waals surface area contributed by atoms with Crippen molar-refractivity contribution in [2.75, 3.05) is 13.1 Å². The van der Waals surface area contributed by atoms with Gasteiger partial charge in [0.25, 0.3) is 5.91 Å². The Labute approximate surface area is 150 Å². The van der Waals surface area contributed by atoms with Crippen LogP contribution in [-0.2, 0) is 11.8 Å². The highest BCUT2D eigenvalue weighted by Crippen LogP contribution is 2.34. The fourth-order valence-corrected chi connectivity index (χ4v) is 3.81. The van der Waals surface area contributed by atoms with Crippen molar-refractivity contribution >= 4 is 22.8 Å². The molecule has 6 heteroatoms. The number of carboxylic acid groups (broad SMARTS) is 1. The number of carboxylic acids is 1. The summed E-state index contributed by atoms with van der Waals surface area (Å²) in [5.41, 5.74) is 2.45. The van der Waals surface area contributed by atoms with Crippen molar-refractivity contribution < 1.29 is 14.7 Å². The first kappa shape index (κ1) is 16.3. The average molecular weight is 349 g/mol. The lowest BCUT2D eigenvalue weighted by Crippen LogP contribution is -2.30. The number of hydrogen-bond donors (Lipinski definition) is 1. The van der Waals surface area contributed by atoms with Gasteiger partial charge in [0, 0.05) is 61.1 Å². The van der Waals surface area contributed by atoms with Crippen LogP contribution in [0.1, 0.15) is 21.8 Å². The van der Waals surface area contributed by atoms with Gasteiger partial charge in [0.15, 0.2) is 0 Å². The van der Waals surface area contributed by atoms with Crippen molar-refractivity contribution in [2.45, 2.75) is 5.92 Å². The Balaban J connectivity index is 1.67. The number of pyridine rings is 1. The van der Waals surface area contributed by atoms with E-state index in [0.717, 1.165) is 16.5 Å². The summed E-state index contributed by atoms with van der Waals surface area (Å²) < 4.78 is 1.97. The second-order valence-corrected chi connectivity index (χ2v) is 6.71. The first-order chi connectivity index (χ1) is 12.6. The Morgan fingerprint density at radius 2 is 2.00 bits per heavy atom. The maximum Gasteiger partial charge on any atom is 0.308 e. The SMILES string of the molecule is Cn1ccc2c(C(=O)N3C[C@@H](C(=O)O)[C@H](c4cccnc4)C3)cccc21. The topological polar surface area (TPSA) is 75.4 Å². The first-order valence-corrected chi connectivity index (χ1v) is 8.52. The molecular weight excluding hydrogens is 330 g/mol. The molecule has 0 aliphatic carbocycles. The molecule has 2 atom stereocenters. The third kappa shape index (κ3) is 2.63. The molecule has 1 fully saturated rings. The minimum absolute atomic E-state index is 0.126. The lowest BCUT2D eigenvalue weighted by molar-refractivity contribution is -0.141. The molecule has 6 nitrogen and oxygen atoms in total. The Bertz CT molecular complexity index is 980. The molecule has 0 saturated carbocycles. The van der Waals surface area contributed by atoms with Crippen molar-refractivity contribution in [3.05, 3.63) is 66.1 Å². The number of hydrogen-bond acceptors (Lipinski definition) is 3. The van der Waals surface area contributed by atoms with E-state index in [1.807, 2.05) is 42.1 Å². The van der Waals surface area contributed by atoms with E-state index in [9.17, 15) is 14.7 Å². The summed E-state index contributed by atoms with van der Waals surface area (Å²) >= 11 is 0. The number of carbonyl (C=O) groups excluding carboxylic acids is 1. The molecule has 0 unspecified atom stereocenters. The lowest BCUT2D eigenvalue weighted by Gasteiger charge is -2.17. The molecule has 3 aromatic rings. The van der Waals surface area contributed by atoms with Gasteiger partial charge in [-0.1, -0.05) is 12.1 Å². The number of benzene rings is 1. The molecule has 26 heavy (non-hydrogen) atoms. The predicted octanol–water partition coefficient (Wildman–Crippen LogP) is 2.51. The smallest absolute Gasteiger partial charge is 0.308 e. The van der Waals surface area contributed by atoms with Gasteiger partial charge in [-0.25, -0.2) is 0 Å². The predicted molar refractivity (Wildman–Crippen MR) is 96.9 cm³/mol. The van der Waals surface area contributed by atoms with E-state index in [1.54, 1.807) is 29.4 Å². The third-order valence-electron chi connectivity index (χ3n) is 5.20. The van der Waals surface area contributed by atoms with Crippen molar-refractivity contribution in [3.8, 4) is 0 Å². The van der Waals surface area contributed by atoms with Crippen molar-refractivity contribution in [1.82, 2.24) is 14.5 Å². The summed E-state index contributed by atoms with van der Waals surface area (Å²) in [6.07, 6.45) is 5.27. The Morgan fingerprint density at radius 1 is 1.15 bits per heavy atom. The Kier molecular flexibility index (Phi) is 3.95. The normalized spacial score (nSPS) is 19.8. The van der Waals surface area contributed by atoms with E-state index in [2.05, 4.69) is 4.98 Å². The van der Waals surface area contributed by atoms with Gasteiger partial charge in [0.1, 0.15) is 0 Å². The van der Waals surface area contributed by atoms with Crippen LogP contribution < -0.4 is 0 Å². The first-order valence-electron chi connectivity index (χ1n) is 8.52. The summed E-state index contributed by atoms with van der Waals surface area (Å²) in [7, 11) is 1.94. The summed E-state index contributed by atoms with van der Waals surface area (Å²) in [6, 6.07) is 11.2. The number of carbonyl (C=O) groups is 2. The van der Waals surface area contributed by atoms with Crippen LogP contribution in [0.25, 0.3) is 10.9 Å². The maximum absolute atomic E-state index is 13.1. The van der Waals surface area contributed by atoms with Gasteiger partial charge in [-0.05, 0) is 29.8 Å². The van der Waals surface area contributed by atoms with Crippen LogP contribution in [0.4, 0.5) is 0 Å². The fraction of sp³-hybridized carbons (Fsp3) is 0.250. The van der Waals surface area contributed by atoms with Crippen LogP contribution in [0.3, 0.4) is 0 Å². The Morgan fingerprint density at radius 3 is 2.73 bits per heavy atom. The van der Waals surface area contributed by atoms with Gasteiger partial charge in [0.05, 0.1) is 5.92 Å². The molecule has 1 aliphatic heterocycles. The molecule has 1 saturated heterocycles. The van der Waals surface area contributed by atoms with E-state index in [-0.39, 0.29) is 18.4 Å². The van der Waals surface area contributed by atoms with E-state index >= 15 is 0 Å². The van der Waals surface area contributed by atoms with Gasteiger partial charge in [-0.15, -0.1) is 0 Å². The molecule has 1 N–H and O–H groups in total. The second kappa shape index (κ2) is 6.29. The third-order valence-corrected chi connectivity index (χ3v) is 5.20. The van der Waals surface area contributed by atoms with Crippen molar-refractivity contribution in [1.29, 1.82) is 0 Å². The molecule has 2 aromatic heterocycles. The highest BCUT2D eigenvalue weighted by molar-refractivity contribution is 6.06. The van der Waals surface area contributed by atoms with Crippen LogP contribution in [0, 0.1) is 5.92 Å². The van der Waals surface area contributed by atoms with Gasteiger partial charge in [-0.2, -0.15) is 0 Å². The molecule has 3 heterocycles. The molecule has 132 valence electrons. The zero-order chi connectivity index (χ0) is 18.3. The highest BCUT2D eigenvalue weighted by Gasteiger charge is 2.41. The van der Waals surface area contributed by atoms with Gasteiger partial charge in [-0.3, -0.25) is 14.6 Å². The van der Waals surface area contributed by atoms with Gasteiger partial charge >= 0.3 is 5.97 Å². The van der Waals surface area contributed by atoms with Crippen LogP contribution in [0.15, 0.2) is 55.0 Å². The standard InChI is InChI=1S/C20H19N3O3/c1-22-9-7-14-15(5-2-6-18(14)22)19(24)23-11-16(17(12-23)20(25)26)13-4-3-8-21-10-13/h2-10,16-17H,11-12H2,1H3,(H,25,26)/t16-,17+/m0/s1. The zero-order valence-corrected chi connectivity index (χ0v) is 14.4. The minimum Gasteiger partial charge on any atom is -0.481 e. The zero-order valence-electron chi connectivity index (χ0n) is 14.4. The number of aryl methyl sites for hydroxylation is 1. The number of amides is 1. The van der Waals surface area contributed by atoms with Crippen LogP contribution in [0.5, 0.6) is 0 Å². The molecule has 1 amide bonds. The largest absolute Gasteiger partial charge is 0.481 e. The van der Waals surface area contributed by atoms with Crippen LogP contribution >= 0.6 is 0 Å². The second-order valence-electron chi connectivity index (χ2n) is 6.71. The van der Waals surface area contributed by atoms with E-state index in [1.165, 1.54) is 0 Å². The summed E-state index contributed by atoms with van der Waals surface area (Å²) in [4.78, 5) is 30.6. The van der Waals surface area contributed by atoms with Crippen molar-refractivity contribution in [3.63, 3.8) is 0 Å². The highest BCUT2D eigenvalue weighted by atomic mass is 16.4. The summed E-state index contributed by atoms with van der Waals surface area (Å²) in [5.74, 6) is -1.88. The van der Waals surface area contributed by atoms with Gasteiger partial charge in [0.2, 0.25) is 0 Å². The quantitative estimate of drug-likeness (QED) is 0.788. The van der Waals surface area contributed by atoms with Gasteiger partial charge < -0.3 is 14.6 Å². The number of rotatable bonds is 3. The maximum atomic E-state index is 13.1. The van der Waals surface area contributed by atoms with Crippen LogP contribution in [-0.4, -0.2) is 44.5 Å². The minimum atomic E-state index is -0.882. The number of aromatic nitrogens is 2. The van der Waals surface area contributed by atoms with E-state index in [4.69, 9.17) is 0 Å². The average Bonchev–Trinajstić information content (AvgIpc) is 3.26. The Hall–Kier alpha value is -3.15.